The molecule has 0 bridgehead atoms. The third-order valence-corrected chi connectivity index (χ3v) is 2.92. The van der Waals surface area contributed by atoms with Crippen LogP contribution < -0.4 is 16.0 Å². The number of nitrogens with one attached hydrogen (secondary N) is 1. The van der Waals surface area contributed by atoms with Crippen LogP contribution in [0.4, 0.5) is 4.39 Å². The van der Waals surface area contributed by atoms with Crippen molar-refractivity contribution in [1.82, 2.24) is 20.2 Å². The van der Waals surface area contributed by atoms with Crippen molar-refractivity contribution >= 4 is 0 Å². The van der Waals surface area contributed by atoms with Gasteiger partial charge < -0.3 is 4.74 Å². The molecule has 0 saturated heterocycles. The number of aromatic nitrogens is 3. The summed E-state index contributed by atoms with van der Waals surface area (Å²) in [5.74, 6) is 5.70. The molecular weight excluding hydrogens is 249 g/mol. The number of aryl methyl sites for hydroxylation is 1. The van der Waals surface area contributed by atoms with Crippen molar-refractivity contribution in [2.75, 3.05) is 7.11 Å². The van der Waals surface area contributed by atoms with Gasteiger partial charge in [-0.1, -0.05) is 0 Å². The number of hydrogen-bond acceptors (Lipinski definition) is 5. The van der Waals surface area contributed by atoms with Gasteiger partial charge in [-0.2, -0.15) is 5.10 Å². The molecule has 0 spiro atoms. The molecule has 3 N–H and O–H groups in total. The van der Waals surface area contributed by atoms with Gasteiger partial charge in [-0.05, 0) is 13.0 Å². The van der Waals surface area contributed by atoms with E-state index in [0.717, 1.165) is 6.20 Å². The van der Waals surface area contributed by atoms with Crippen molar-refractivity contribution < 1.29 is 9.13 Å². The van der Waals surface area contributed by atoms with Crippen molar-refractivity contribution in [2.24, 2.45) is 5.84 Å². The fourth-order valence-electron chi connectivity index (χ4n) is 2.01. The minimum Gasteiger partial charge on any atom is -0.493 e. The van der Waals surface area contributed by atoms with E-state index in [1.54, 1.807) is 16.9 Å². The molecule has 0 fully saturated rings. The fourth-order valence-corrected chi connectivity index (χ4v) is 2.01. The first-order chi connectivity index (χ1) is 9.22. The van der Waals surface area contributed by atoms with Crippen LogP contribution in [0.1, 0.15) is 24.2 Å². The summed E-state index contributed by atoms with van der Waals surface area (Å²) in [6.07, 6.45) is 4.25. The number of halogens is 1. The third-order valence-electron chi connectivity index (χ3n) is 2.92. The van der Waals surface area contributed by atoms with E-state index < -0.39 is 11.9 Å². The molecule has 0 aliphatic carbocycles. The highest BCUT2D eigenvalue weighted by Gasteiger charge is 2.24. The summed E-state index contributed by atoms with van der Waals surface area (Å²) < 4.78 is 20.8. The first-order valence-electron chi connectivity index (χ1n) is 5.88. The molecule has 0 amide bonds. The lowest BCUT2D eigenvalue weighted by Gasteiger charge is -2.19. The van der Waals surface area contributed by atoms with Gasteiger partial charge in [0.2, 0.25) is 0 Å². The van der Waals surface area contributed by atoms with Gasteiger partial charge in [0, 0.05) is 18.3 Å². The molecule has 0 saturated carbocycles. The van der Waals surface area contributed by atoms with E-state index in [9.17, 15) is 4.39 Å². The van der Waals surface area contributed by atoms with E-state index in [2.05, 4.69) is 15.5 Å². The van der Waals surface area contributed by atoms with Crippen molar-refractivity contribution in [1.29, 1.82) is 0 Å². The van der Waals surface area contributed by atoms with Crippen LogP contribution >= 0.6 is 0 Å². The molecule has 0 aliphatic heterocycles. The summed E-state index contributed by atoms with van der Waals surface area (Å²) in [5.41, 5.74) is 3.68. The maximum Gasteiger partial charge on any atom is 0.161 e. The molecule has 7 heteroatoms. The van der Waals surface area contributed by atoms with Crippen LogP contribution in [0.5, 0.6) is 5.75 Å². The number of pyridine rings is 1. The fraction of sp³-hybridized carbons (Fsp3) is 0.333. The summed E-state index contributed by atoms with van der Waals surface area (Å²) in [6, 6.07) is 1.02. The lowest BCUT2D eigenvalue weighted by Crippen LogP contribution is -2.31. The quantitative estimate of drug-likeness (QED) is 0.623. The Bertz CT molecular complexity index is 535. The standard InChI is InChI=1S/C12H16FN5O/c1-3-18-12(10(19-2)7-16-18)11(17-14)8-4-5-15-6-9(8)13/h4-7,11,17H,3,14H2,1-2H3. The molecule has 0 aromatic carbocycles. The summed E-state index contributed by atoms with van der Waals surface area (Å²) in [7, 11) is 1.54. The minimum atomic E-state index is -0.555. The maximum absolute atomic E-state index is 13.9. The molecule has 2 aromatic heterocycles. The number of rotatable bonds is 5. The number of nitrogens with zero attached hydrogens (tertiary/aromatic N) is 3. The average molecular weight is 265 g/mol. The summed E-state index contributed by atoms with van der Waals surface area (Å²) in [6.45, 7) is 2.57. The van der Waals surface area contributed by atoms with Crippen LogP contribution in [0.3, 0.4) is 0 Å². The summed E-state index contributed by atoms with van der Waals surface area (Å²) in [4.78, 5) is 3.73. The van der Waals surface area contributed by atoms with E-state index in [1.807, 2.05) is 6.92 Å². The normalized spacial score (nSPS) is 12.4. The summed E-state index contributed by atoms with van der Waals surface area (Å²) >= 11 is 0. The average Bonchev–Trinajstić information content (AvgIpc) is 2.85. The Kier molecular flexibility index (Phi) is 4.08. The Morgan fingerprint density at radius 2 is 2.32 bits per heavy atom. The lowest BCUT2D eigenvalue weighted by molar-refractivity contribution is 0.398. The summed E-state index contributed by atoms with van der Waals surface area (Å²) in [5, 5.41) is 4.19. The highest BCUT2D eigenvalue weighted by Crippen LogP contribution is 2.30. The Hall–Kier alpha value is -1.99. The van der Waals surface area contributed by atoms with Gasteiger partial charge in [0.05, 0.1) is 25.5 Å². The van der Waals surface area contributed by atoms with Gasteiger partial charge in [-0.3, -0.25) is 15.5 Å². The Morgan fingerprint density at radius 1 is 1.53 bits per heavy atom. The highest BCUT2D eigenvalue weighted by molar-refractivity contribution is 5.36. The van der Waals surface area contributed by atoms with E-state index in [1.165, 1.54) is 13.3 Å². The predicted octanol–water partition coefficient (Wildman–Crippen LogP) is 0.998. The van der Waals surface area contributed by atoms with Gasteiger partial charge in [0.15, 0.2) is 5.75 Å². The molecule has 2 rings (SSSR count). The molecule has 0 aliphatic rings. The van der Waals surface area contributed by atoms with E-state index in [4.69, 9.17) is 10.6 Å². The molecule has 2 heterocycles. The second kappa shape index (κ2) is 5.77. The van der Waals surface area contributed by atoms with Crippen LogP contribution in [0.15, 0.2) is 24.7 Å². The van der Waals surface area contributed by atoms with Gasteiger partial charge in [-0.15, -0.1) is 0 Å². The maximum atomic E-state index is 13.9. The Labute approximate surface area is 110 Å². The molecule has 102 valence electrons. The van der Waals surface area contributed by atoms with E-state index in [-0.39, 0.29) is 0 Å². The van der Waals surface area contributed by atoms with Crippen LogP contribution in [0.2, 0.25) is 0 Å². The van der Waals surface area contributed by atoms with Crippen molar-refractivity contribution in [3.63, 3.8) is 0 Å². The topological polar surface area (TPSA) is 78.0 Å². The van der Waals surface area contributed by atoms with Crippen LogP contribution in [-0.2, 0) is 6.54 Å². The molecule has 6 nitrogen and oxygen atoms in total. The smallest absolute Gasteiger partial charge is 0.161 e. The Balaban J connectivity index is 2.54. The van der Waals surface area contributed by atoms with Crippen LogP contribution in [0.25, 0.3) is 0 Å². The third kappa shape index (κ3) is 2.42. The zero-order valence-corrected chi connectivity index (χ0v) is 10.8. The highest BCUT2D eigenvalue weighted by atomic mass is 19.1. The largest absolute Gasteiger partial charge is 0.493 e. The number of ether oxygens (including phenoxy) is 1. The molecule has 0 radical (unpaired) electrons. The molecule has 19 heavy (non-hydrogen) atoms. The number of hydrazine groups is 1. The number of hydrogen-bond donors (Lipinski definition) is 2. The molecule has 1 unspecified atom stereocenters. The first-order valence-corrected chi connectivity index (χ1v) is 5.88. The van der Waals surface area contributed by atoms with Crippen molar-refractivity contribution in [3.05, 3.63) is 41.7 Å². The van der Waals surface area contributed by atoms with Crippen molar-refractivity contribution in [3.8, 4) is 5.75 Å². The molecular formula is C12H16FN5O. The second-order valence-corrected chi connectivity index (χ2v) is 3.91. The van der Waals surface area contributed by atoms with Gasteiger partial charge in [0.25, 0.3) is 0 Å². The first kappa shape index (κ1) is 13.4. The monoisotopic (exact) mass is 265 g/mol. The zero-order valence-electron chi connectivity index (χ0n) is 10.8. The van der Waals surface area contributed by atoms with Crippen molar-refractivity contribution in [2.45, 2.75) is 19.5 Å². The van der Waals surface area contributed by atoms with Gasteiger partial charge in [0.1, 0.15) is 11.5 Å². The van der Waals surface area contributed by atoms with E-state index >= 15 is 0 Å². The minimum absolute atomic E-state index is 0.394. The molecule has 2 aromatic rings. The van der Waals surface area contributed by atoms with E-state index in [0.29, 0.717) is 23.6 Å². The molecule has 1 atom stereocenters. The predicted molar refractivity (Wildman–Crippen MR) is 67.8 cm³/mol. The van der Waals surface area contributed by atoms with Crippen LogP contribution in [0, 0.1) is 5.82 Å². The number of nitrogens with two attached hydrogens (primary N) is 1. The van der Waals surface area contributed by atoms with Gasteiger partial charge >= 0.3 is 0 Å². The Morgan fingerprint density at radius 3 is 2.89 bits per heavy atom. The lowest BCUT2D eigenvalue weighted by atomic mass is 10.0. The van der Waals surface area contributed by atoms with Gasteiger partial charge in [-0.25, -0.2) is 9.82 Å². The van der Waals surface area contributed by atoms with Crippen LogP contribution in [-0.4, -0.2) is 21.9 Å². The SMILES string of the molecule is CCn1ncc(OC)c1C(NN)c1ccncc1F. The second-order valence-electron chi connectivity index (χ2n) is 3.91. The number of methoxy groups -OCH3 is 1. The zero-order chi connectivity index (χ0) is 13.8.